The molecule has 0 aromatic heterocycles. The van der Waals surface area contributed by atoms with Gasteiger partial charge < -0.3 is 10.8 Å². The lowest BCUT2D eigenvalue weighted by Gasteiger charge is -2.42. The predicted molar refractivity (Wildman–Crippen MR) is 80.5 cm³/mol. The van der Waals surface area contributed by atoms with Crippen molar-refractivity contribution in [1.82, 2.24) is 0 Å². The third-order valence-corrected chi connectivity index (χ3v) is 4.89. The molecule has 1 saturated carbocycles. The molecule has 0 heterocycles. The van der Waals surface area contributed by atoms with E-state index in [0.717, 1.165) is 37.2 Å². The van der Waals surface area contributed by atoms with Crippen molar-refractivity contribution in [3.63, 3.8) is 0 Å². The third-order valence-electron chi connectivity index (χ3n) is 4.46. The quantitative estimate of drug-likeness (QED) is 0.879. The molecule has 0 saturated heterocycles. The van der Waals surface area contributed by atoms with E-state index in [0.29, 0.717) is 16.6 Å². The second-order valence-electron chi connectivity index (χ2n) is 5.85. The summed E-state index contributed by atoms with van der Waals surface area (Å²) in [6.45, 7) is 2.74. The van der Waals surface area contributed by atoms with Crippen molar-refractivity contribution in [2.45, 2.75) is 38.7 Å². The predicted octanol–water partition coefficient (Wildman–Crippen LogP) is 4.18. The summed E-state index contributed by atoms with van der Waals surface area (Å²) in [6, 6.07) is 5.25. The van der Waals surface area contributed by atoms with Crippen LogP contribution in [0.4, 0.5) is 0 Å². The van der Waals surface area contributed by atoms with Crippen LogP contribution in [0.25, 0.3) is 0 Å². The number of hydrogen-bond donors (Lipinski definition) is 2. The van der Waals surface area contributed by atoms with E-state index in [1.165, 1.54) is 0 Å². The lowest BCUT2D eigenvalue weighted by atomic mass is 9.66. The summed E-state index contributed by atoms with van der Waals surface area (Å²) in [7, 11) is 0. The van der Waals surface area contributed by atoms with Gasteiger partial charge in [-0.05, 0) is 42.5 Å². The number of benzene rings is 1. The molecule has 0 bridgehead atoms. The van der Waals surface area contributed by atoms with E-state index < -0.39 is 6.10 Å². The Morgan fingerprint density at radius 1 is 1.26 bits per heavy atom. The molecule has 0 aliphatic heterocycles. The molecule has 1 aliphatic rings. The van der Waals surface area contributed by atoms with Crippen LogP contribution in [0.15, 0.2) is 18.2 Å². The van der Waals surface area contributed by atoms with Crippen LogP contribution in [-0.4, -0.2) is 11.7 Å². The van der Waals surface area contributed by atoms with Gasteiger partial charge in [0, 0.05) is 22.0 Å². The summed E-state index contributed by atoms with van der Waals surface area (Å²) in [6.07, 6.45) is 3.54. The van der Waals surface area contributed by atoms with Gasteiger partial charge >= 0.3 is 0 Å². The molecule has 2 rings (SSSR count). The van der Waals surface area contributed by atoms with Crippen molar-refractivity contribution in [2.75, 3.05) is 6.54 Å². The highest BCUT2D eigenvalue weighted by molar-refractivity contribution is 6.34. The molecular formula is C15H21Cl2NO. The zero-order valence-electron chi connectivity index (χ0n) is 11.2. The van der Waals surface area contributed by atoms with Crippen molar-refractivity contribution >= 4 is 23.2 Å². The van der Waals surface area contributed by atoms with Crippen LogP contribution in [0.1, 0.15) is 44.3 Å². The molecule has 0 amide bonds. The molecular weight excluding hydrogens is 281 g/mol. The van der Waals surface area contributed by atoms with Gasteiger partial charge in [-0.2, -0.15) is 0 Å². The zero-order chi connectivity index (χ0) is 14.0. The van der Waals surface area contributed by atoms with Gasteiger partial charge in [0.1, 0.15) is 0 Å². The fraction of sp³-hybridized carbons (Fsp3) is 0.600. The smallest absolute Gasteiger partial charge is 0.0859 e. The SMILES string of the molecule is CC1CCC(CN)(C(O)c2cc(Cl)cc(Cl)c2)CC1. The lowest BCUT2D eigenvalue weighted by Crippen LogP contribution is -2.40. The van der Waals surface area contributed by atoms with Crippen molar-refractivity contribution < 1.29 is 5.11 Å². The topological polar surface area (TPSA) is 46.2 Å². The molecule has 19 heavy (non-hydrogen) atoms. The average Bonchev–Trinajstić information content (AvgIpc) is 2.38. The molecule has 1 aliphatic carbocycles. The van der Waals surface area contributed by atoms with Gasteiger partial charge in [0.05, 0.1) is 6.10 Å². The molecule has 3 N–H and O–H groups in total. The monoisotopic (exact) mass is 301 g/mol. The molecule has 0 spiro atoms. The minimum Gasteiger partial charge on any atom is -0.388 e. The van der Waals surface area contributed by atoms with E-state index in [9.17, 15) is 5.11 Å². The van der Waals surface area contributed by atoms with Crippen LogP contribution in [-0.2, 0) is 0 Å². The molecule has 4 heteroatoms. The van der Waals surface area contributed by atoms with Gasteiger partial charge in [-0.15, -0.1) is 0 Å². The first-order valence-corrected chi connectivity index (χ1v) is 7.56. The van der Waals surface area contributed by atoms with Crippen molar-refractivity contribution in [3.05, 3.63) is 33.8 Å². The average molecular weight is 302 g/mol. The Balaban J connectivity index is 2.27. The highest BCUT2D eigenvalue weighted by Crippen LogP contribution is 2.47. The van der Waals surface area contributed by atoms with Crippen molar-refractivity contribution in [1.29, 1.82) is 0 Å². The molecule has 0 radical (unpaired) electrons. The highest BCUT2D eigenvalue weighted by atomic mass is 35.5. The first-order chi connectivity index (χ1) is 8.97. The largest absolute Gasteiger partial charge is 0.388 e. The van der Waals surface area contributed by atoms with E-state index >= 15 is 0 Å². The van der Waals surface area contributed by atoms with Crippen molar-refractivity contribution in [2.24, 2.45) is 17.1 Å². The van der Waals surface area contributed by atoms with Gasteiger partial charge in [0.15, 0.2) is 0 Å². The normalized spacial score (nSPS) is 29.2. The molecule has 1 unspecified atom stereocenters. The van der Waals surface area contributed by atoms with Crippen molar-refractivity contribution in [3.8, 4) is 0 Å². The second kappa shape index (κ2) is 6.01. The minimum atomic E-state index is -0.596. The van der Waals surface area contributed by atoms with E-state index in [4.69, 9.17) is 28.9 Å². The van der Waals surface area contributed by atoms with E-state index in [-0.39, 0.29) is 5.41 Å². The Labute approximate surface area is 124 Å². The van der Waals surface area contributed by atoms with E-state index in [1.807, 2.05) is 0 Å². The fourth-order valence-electron chi connectivity index (χ4n) is 3.01. The standard InChI is InChI=1S/C15H21Cl2NO/c1-10-2-4-15(9-18,5-3-10)14(19)11-6-12(16)8-13(17)7-11/h6-8,10,14,19H,2-5,9,18H2,1H3. The van der Waals surface area contributed by atoms with Crippen LogP contribution >= 0.6 is 23.2 Å². The number of aliphatic hydroxyl groups excluding tert-OH is 1. The number of halogens is 2. The number of nitrogens with two attached hydrogens (primary N) is 1. The van der Waals surface area contributed by atoms with Crippen LogP contribution in [0.3, 0.4) is 0 Å². The summed E-state index contributed by atoms with van der Waals surface area (Å²) in [5, 5.41) is 11.8. The van der Waals surface area contributed by atoms with Crippen LogP contribution in [0.2, 0.25) is 10.0 Å². The first kappa shape index (κ1) is 15.1. The van der Waals surface area contributed by atoms with Crippen LogP contribution < -0.4 is 5.73 Å². The summed E-state index contributed by atoms with van der Waals surface area (Å²) >= 11 is 12.0. The zero-order valence-corrected chi connectivity index (χ0v) is 12.7. The fourth-order valence-corrected chi connectivity index (χ4v) is 3.56. The van der Waals surface area contributed by atoms with Crippen LogP contribution in [0, 0.1) is 11.3 Å². The summed E-state index contributed by atoms with van der Waals surface area (Å²) < 4.78 is 0. The molecule has 2 nitrogen and oxygen atoms in total. The summed E-state index contributed by atoms with van der Waals surface area (Å²) in [5.74, 6) is 0.717. The van der Waals surface area contributed by atoms with Gasteiger partial charge in [-0.3, -0.25) is 0 Å². The van der Waals surface area contributed by atoms with Crippen LogP contribution in [0.5, 0.6) is 0 Å². The highest BCUT2D eigenvalue weighted by Gasteiger charge is 2.40. The van der Waals surface area contributed by atoms with Gasteiger partial charge in [-0.25, -0.2) is 0 Å². The molecule has 1 fully saturated rings. The van der Waals surface area contributed by atoms with E-state index in [2.05, 4.69) is 6.92 Å². The Hall–Kier alpha value is -0.280. The molecule has 106 valence electrons. The minimum absolute atomic E-state index is 0.236. The summed E-state index contributed by atoms with van der Waals surface area (Å²) in [5.41, 5.74) is 6.51. The first-order valence-electron chi connectivity index (χ1n) is 6.81. The number of hydrogen-bond acceptors (Lipinski definition) is 2. The second-order valence-corrected chi connectivity index (χ2v) is 6.73. The Morgan fingerprint density at radius 2 is 1.79 bits per heavy atom. The van der Waals surface area contributed by atoms with E-state index in [1.54, 1.807) is 18.2 Å². The van der Waals surface area contributed by atoms with Gasteiger partial charge in [-0.1, -0.05) is 43.0 Å². The Bertz CT molecular complexity index is 422. The molecule has 1 atom stereocenters. The maximum Gasteiger partial charge on any atom is 0.0859 e. The molecule has 1 aromatic carbocycles. The number of aliphatic hydroxyl groups is 1. The number of rotatable bonds is 3. The summed E-state index contributed by atoms with van der Waals surface area (Å²) in [4.78, 5) is 0. The Morgan fingerprint density at radius 3 is 2.26 bits per heavy atom. The molecule has 1 aromatic rings. The Kier molecular flexibility index (Phi) is 4.78. The third kappa shape index (κ3) is 3.25. The maximum atomic E-state index is 10.7. The maximum absolute atomic E-state index is 10.7. The lowest BCUT2D eigenvalue weighted by molar-refractivity contribution is -0.00817. The van der Waals surface area contributed by atoms with Gasteiger partial charge in [0.25, 0.3) is 0 Å². The van der Waals surface area contributed by atoms with Gasteiger partial charge in [0.2, 0.25) is 0 Å².